The van der Waals surface area contributed by atoms with Crippen LogP contribution in [0.2, 0.25) is 0 Å². The van der Waals surface area contributed by atoms with Gasteiger partial charge in [-0.2, -0.15) is 0 Å². The van der Waals surface area contributed by atoms with Crippen LogP contribution in [0.5, 0.6) is 0 Å². The Balaban J connectivity index is 2.22. The summed E-state index contributed by atoms with van der Waals surface area (Å²) < 4.78 is 28.6. The Kier molecular flexibility index (Phi) is 5.11. The molecule has 1 atom stereocenters. The molecule has 0 bridgehead atoms. The van der Waals surface area contributed by atoms with Crippen LogP contribution < -0.4 is 5.32 Å². The number of hydrogen-bond acceptors (Lipinski definition) is 1. The third-order valence-corrected chi connectivity index (χ3v) is 3.88. The summed E-state index contributed by atoms with van der Waals surface area (Å²) in [6, 6.07) is 9.07. The van der Waals surface area contributed by atoms with Gasteiger partial charge in [-0.05, 0) is 36.8 Å². The maximum absolute atomic E-state index is 13.7. The number of amides is 1. The fourth-order valence-electron chi connectivity index (χ4n) is 1.89. The van der Waals surface area contributed by atoms with Crippen molar-refractivity contribution in [1.29, 1.82) is 0 Å². The molecule has 2 nitrogen and oxygen atoms in total. The van der Waals surface area contributed by atoms with Crippen LogP contribution in [0, 0.1) is 11.6 Å². The number of hydrogen-bond donors (Lipinski definition) is 1. The van der Waals surface area contributed by atoms with E-state index in [1.54, 1.807) is 6.92 Å². The van der Waals surface area contributed by atoms with Crippen molar-refractivity contribution in [2.75, 3.05) is 0 Å². The molecule has 0 spiro atoms. The third-order valence-electron chi connectivity index (χ3n) is 2.93. The predicted molar refractivity (Wildman–Crippen MR) is 84.1 cm³/mol. The van der Waals surface area contributed by atoms with Gasteiger partial charge in [0.05, 0.1) is 6.04 Å². The van der Waals surface area contributed by atoms with Crippen molar-refractivity contribution in [3.05, 3.63) is 68.1 Å². The van der Waals surface area contributed by atoms with Gasteiger partial charge in [0.25, 0.3) is 5.91 Å². The van der Waals surface area contributed by atoms with E-state index in [0.717, 1.165) is 22.2 Å². The van der Waals surface area contributed by atoms with E-state index < -0.39 is 23.1 Å². The second-order valence-electron chi connectivity index (χ2n) is 4.49. The van der Waals surface area contributed by atoms with E-state index in [1.807, 2.05) is 24.3 Å². The molecule has 0 aliphatic carbocycles. The van der Waals surface area contributed by atoms with Gasteiger partial charge in [-0.1, -0.05) is 44.0 Å². The minimum absolute atomic E-state index is 0.245. The lowest BCUT2D eigenvalue weighted by Gasteiger charge is -2.15. The zero-order valence-electron chi connectivity index (χ0n) is 11.0. The van der Waals surface area contributed by atoms with Crippen LogP contribution in [0.25, 0.3) is 0 Å². The first-order valence-electron chi connectivity index (χ1n) is 6.09. The van der Waals surface area contributed by atoms with Gasteiger partial charge in [0.1, 0.15) is 17.2 Å². The van der Waals surface area contributed by atoms with Crippen LogP contribution in [0.1, 0.15) is 28.9 Å². The Morgan fingerprint density at radius 1 is 1.10 bits per heavy atom. The highest BCUT2D eigenvalue weighted by Crippen LogP contribution is 2.22. The van der Waals surface area contributed by atoms with E-state index >= 15 is 0 Å². The molecule has 0 aliphatic rings. The normalized spacial score (nSPS) is 12.0. The van der Waals surface area contributed by atoms with Crippen LogP contribution in [0.3, 0.4) is 0 Å². The Labute approximate surface area is 137 Å². The summed E-state index contributed by atoms with van der Waals surface area (Å²) in [5, 5.41) is 2.59. The molecule has 0 fully saturated rings. The summed E-state index contributed by atoms with van der Waals surface area (Å²) in [5.74, 6) is -2.59. The fourth-order valence-corrected chi connectivity index (χ4v) is 2.71. The lowest BCUT2D eigenvalue weighted by molar-refractivity contribution is 0.0931. The number of halogens is 4. The minimum atomic E-state index is -0.902. The predicted octanol–water partition coefficient (Wildman–Crippen LogP) is 4.98. The van der Waals surface area contributed by atoms with E-state index in [4.69, 9.17) is 0 Å². The highest BCUT2D eigenvalue weighted by Gasteiger charge is 2.20. The van der Waals surface area contributed by atoms with Gasteiger partial charge in [-0.25, -0.2) is 8.78 Å². The van der Waals surface area contributed by atoms with Gasteiger partial charge in [0, 0.05) is 8.95 Å². The Hall–Kier alpha value is -1.27. The van der Waals surface area contributed by atoms with Crippen molar-refractivity contribution in [3.8, 4) is 0 Å². The fraction of sp³-hybridized carbons (Fsp3) is 0.133. The molecule has 6 heteroatoms. The third kappa shape index (κ3) is 3.89. The van der Waals surface area contributed by atoms with E-state index in [1.165, 1.54) is 0 Å². The average Bonchev–Trinajstić information content (AvgIpc) is 2.37. The molecule has 2 aromatic rings. The molecule has 1 amide bonds. The Morgan fingerprint density at radius 3 is 2.29 bits per heavy atom. The van der Waals surface area contributed by atoms with Crippen LogP contribution in [0.4, 0.5) is 8.78 Å². The highest BCUT2D eigenvalue weighted by molar-refractivity contribution is 9.10. The number of rotatable bonds is 3. The van der Waals surface area contributed by atoms with Crippen molar-refractivity contribution in [2.45, 2.75) is 13.0 Å². The maximum atomic E-state index is 13.7. The Morgan fingerprint density at radius 2 is 1.71 bits per heavy atom. The van der Waals surface area contributed by atoms with Gasteiger partial charge in [0.15, 0.2) is 0 Å². The van der Waals surface area contributed by atoms with E-state index in [9.17, 15) is 13.6 Å². The van der Waals surface area contributed by atoms with Crippen molar-refractivity contribution in [2.24, 2.45) is 0 Å². The maximum Gasteiger partial charge on any atom is 0.257 e. The van der Waals surface area contributed by atoms with Crippen LogP contribution in [0.15, 0.2) is 45.3 Å². The lowest BCUT2D eigenvalue weighted by atomic mass is 10.1. The zero-order chi connectivity index (χ0) is 15.6. The second-order valence-corrected chi connectivity index (χ2v) is 6.33. The monoisotopic (exact) mass is 417 g/mol. The quantitative estimate of drug-likeness (QED) is 0.748. The molecular formula is C15H11Br2F2NO. The van der Waals surface area contributed by atoms with Crippen molar-refractivity contribution in [1.82, 2.24) is 5.32 Å². The lowest BCUT2D eigenvalue weighted by Crippen LogP contribution is -2.28. The summed E-state index contributed by atoms with van der Waals surface area (Å²) in [7, 11) is 0. The number of carbonyl (C=O) groups excluding carboxylic acids is 1. The standard InChI is InChI=1S/C15H11Br2F2NO/c1-8(9-3-2-4-10(16)5-9)20-15(21)14-12(18)6-11(17)7-13(14)19/h2-8H,1H3,(H,20,21). The van der Waals surface area contributed by atoms with Crippen LogP contribution >= 0.6 is 31.9 Å². The molecular weight excluding hydrogens is 408 g/mol. The molecule has 0 saturated heterocycles. The first-order valence-corrected chi connectivity index (χ1v) is 7.68. The molecule has 0 saturated carbocycles. The van der Waals surface area contributed by atoms with E-state index in [0.29, 0.717) is 0 Å². The molecule has 2 rings (SSSR count). The van der Waals surface area contributed by atoms with Crippen LogP contribution in [-0.2, 0) is 0 Å². The van der Waals surface area contributed by atoms with E-state index in [-0.39, 0.29) is 10.5 Å². The van der Waals surface area contributed by atoms with Crippen molar-refractivity contribution >= 4 is 37.8 Å². The number of nitrogens with one attached hydrogen (secondary N) is 1. The van der Waals surface area contributed by atoms with Gasteiger partial charge in [0.2, 0.25) is 0 Å². The Bertz CT molecular complexity index is 668. The number of carbonyl (C=O) groups is 1. The largest absolute Gasteiger partial charge is 0.345 e. The average molecular weight is 419 g/mol. The highest BCUT2D eigenvalue weighted by atomic mass is 79.9. The minimum Gasteiger partial charge on any atom is -0.345 e. The summed E-state index contributed by atoms with van der Waals surface area (Å²) in [5.41, 5.74) is 0.246. The smallest absolute Gasteiger partial charge is 0.257 e. The molecule has 2 aromatic carbocycles. The van der Waals surface area contributed by atoms with E-state index in [2.05, 4.69) is 37.2 Å². The summed E-state index contributed by atoms with van der Waals surface area (Å²) in [4.78, 5) is 12.0. The first kappa shape index (κ1) is 16.1. The molecule has 1 N–H and O–H groups in total. The summed E-state index contributed by atoms with van der Waals surface area (Å²) in [6.45, 7) is 1.74. The molecule has 0 heterocycles. The zero-order valence-corrected chi connectivity index (χ0v) is 14.1. The van der Waals surface area contributed by atoms with Gasteiger partial charge >= 0.3 is 0 Å². The SMILES string of the molecule is CC(NC(=O)c1c(F)cc(Br)cc1F)c1cccc(Br)c1. The molecule has 110 valence electrons. The molecule has 1 unspecified atom stereocenters. The summed E-state index contributed by atoms with van der Waals surface area (Å²) >= 11 is 6.31. The van der Waals surface area contributed by atoms with Gasteiger partial charge in [-0.15, -0.1) is 0 Å². The van der Waals surface area contributed by atoms with Crippen molar-refractivity contribution in [3.63, 3.8) is 0 Å². The first-order chi connectivity index (χ1) is 9.88. The second kappa shape index (κ2) is 6.66. The van der Waals surface area contributed by atoms with Crippen LogP contribution in [-0.4, -0.2) is 5.91 Å². The topological polar surface area (TPSA) is 29.1 Å². The molecule has 0 radical (unpaired) electrons. The molecule has 21 heavy (non-hydrogen) atoms. The molecule has 0 aliphatic heterocycles. The summed E-state index contributed by atoms with van der Waals surface area (Å²) in [6.07, 6.45) is 0. The van der Waals surface area contributed by atoms with Gasteiger partial charge in [-0.3, -0.25) is 4.79 Å². The van der Waals surface area contributed by atoms with Crippen molar-refractivity contribution < 1.29 is 13.6 Å². The molecule has 0 aromatic heterocycles. The van der Waals surface area contributed by atoms with Gasteiger partial charge < -0.3 is 5.32 Å². The number of benzene rings is 2.